The Kier molecular flexibility index (Phi) is 5.31. The highest BCUT2D eigenvalue weighted by molar-refractivity contribution is 9.10. The van der Waals surface area contributed by atoms with Gasteiger partial charge in [0.15, 0.2) is 0 Å². The number of anilines is 1. The van der Waals surface area contributed by atoms with Crippen molar-refractivity contribution in [3.8, 4) is 0 Å². The average Bonchev–Trinajstić information content (AvgIpc) is 2.29. The van der Waals surface area contributed by atoms with Gasteiger partial charge in [-0.1, -0.05) is 20.8 Å². The minimum Gasteiger partial charge on any atom is -0.396 e. The molecule has 0 aliphatic rings. The summed E-state index contributed by atoms with van der Waals surface area (Å²) >= 11 is 3.33. The second-order valence-electron chi connectivity index (χ2n) is 5.50. The minimum absolute atomic E-state index is 0.0239. The Labute approximate surface area is 121 Å². The number of non-ortho nitro benzene ring substituents is 1. The summed E-state index contributed by atoms with van der Waals surface area (Å²) < 4.78 is 0.647. The van der Waals surface area contributed by atoms with Crippen molar-refractivity contribution in [2.75, 3.05) is 11.9 Å². The molecule has 0 spiro atoms. The highest BCUT2D eigenvalue weighted by atomic mass is 79.9. The van der Waals surface area contributed by atoms with Crippen molar-refractivity contribution in [1.82, 2.24) is 0 Å². The molecule has 0 saturated heterocycles. The highest BCUT2D eigenvalue weighted by Crippen LogP contribution is 2.31. The summed E-state index contributed by atoms with van der Waals surface area (Å²) in [5.74, 6) is 0. The van der Waals surface area contributed by atoms with Crippen LogP contribution in [0, 0.1) is 15.5 Å². The third-order valence-electron chi connectivity index (χ3n) is 2.96. The first kappa shape index (κ1) is 15.9. The van der Waals surface area contributed by atoms with E-state index in [4.69, 9.17) is 5.11 Å². The maximum atomic E-state index is 10.7. The van der Waals surface area contributed by atoms with Crippen molar-refractivity contribution in [2.45, 2.75) is 33.2 Å². The topological polar surface area (TPSA) is 75.4 Å². The standard InChI is InChI=1S/C13H19BrN2O3/c1-13(2,3)12(6-7-17)15-11-5-4-9(16(18)19)8-10(11)14/h4-5,8,12,15,17H,6-7H2,1-3H3. The zero-order valence-corrected chi connectivity index (χ0v) is 12.9. The molecule has 0 heterocycles. The number of rotatable bonds is 5. The molecule has 5 nitrogen and oxygen atoms in total. The zero-order chi connectivity index (χ0) is 14.6. The molecule has 1 unspecified atom stereocenters. The molecule has 1 aromatic carbocycles. The van der Waals surface area contributed by atoms with Crippen LogP contribution < -0.4 is 5.32 Å². The SMILES string of the molecule is CC(C)(C)C(CCO)Nc1ccc([N+](=O)[O-])cc1Br. The maximum Gasteiger partial charge on any atom is 0.270 e. The van der Waals surface area contributed by atoms with Gasteiger partial charge in [-0.2, -0.15) is 0 Å². The molecule has 1 atom stereocenters. The van der Waals surface area contributed by atoms with Crippen LogP contribution in [0.1, 0.15) is 27.2 Å². The lowest BCUT2D eigenvalue weighted by Gasteiger charge is -2.32. The van der Waals surface area contributed by atoms with Crippen LogP contribution in [0.5, 0.6) is 0 Å². The van der Waals surface area contributed by atoms with E-state index in [1.54, 1.807) is 6.07 Å². The van der Waals surface area contributed by atoms with Crippen molar-refractivity contribution in [3.05, 3.63) is 32.8 Å². The van der Waals surface area contributed by atoms with Crippen molar-refractivity contribution in [3.63, 3.8) is 0 Å². The Morgan fingerprint density at radius 3 is 2.53 bits per heavy atom. The van der Waals surface area contributed by atoms with Gasteiger partial charge in [0.2, 0.25) is 0 Å². The molecule has 1 rings (SSSR count). The second-order valence-corrected chi connectivity index (χ2v) is 6.35. The fraction of sp³-hybridized carbons (Fsp3) is 0.538. The van der Waals surface area contributed by atoms with Gasteiger partial charge in [-0.05, 0) is 33.8 Å². The number of nitrogens with zero attached hydrogens (tertiary/aromatic N) is 1. The predicted molar refractivity (Wildman–Crippen MR) is 79.4 cm³/mol. The van der Waals surface area contributed by atoms with E-state index in [0.29, 0.717) is 10.9 Å². The first-order valence-corrected chi connectivity index (χ1v) is 6.86. The number of benzene rings is 1. The van der Waals surface area contributed by atoms with Crippen LogP contribution in [0.4, 0.5) is 11.4 Å². The fourth-order valence-electron chi connectivity index (χ4n) is 1.77. The van der Waals surface area contributed by atoms with Gasteiger partial charge < -0.3 is 10.4 Å². The van der Waals surface area contributed by atoms with Crippen LogP contribution in [0.25, 0.3) is 0 Å². The van der Waals surface area contributed by atoms with Gasteiger partial charge in [-0.25, -0.2) is 0 Å². The van der Waals surface area contributed by atoms with Crippen LogP contribution in [-0.4, -0.2) is 22.7 Å². The Balaban J connectivity index is 2.94. The number of aliphatic hydroxyl groups is 1. The summed E-state index contributed by atoms with van der Waals surface area (Å²) in [5, 5.41) is 23.1. The number of nitro groups is 1. The monoisotopic (exact) mass is 330 g/mol. The minimum atomic E-state index is -0.427. The van der Waals surface area contributed by atoms with Gasteiger partial charge in [-0.3, -0.25) is 10.1 Å². The van der Waals surface area contributed by atoms with Gasteiger partial charge in [0.05, 0.1) is 4.92 Å². The van der Waals surface area contributed by atoms with Gasteiger partial charge in [0, 0.05) is 34.9 Å². The predicted octanol–water partition coefficient (Wildman–Crippen LogP) is 3.57. The summed E-state index contributed by atoms with van der Waals surface area (Å²) in [6.07, 6.45) is 0.618. The van der Waals surface area contributed by atoms with Crippen LogP contribution >= 0.6 is 15.9 Å². The molecular formula is C13H19BrN2O3. The quantitative estimate of drug-likeness (QED) is 0.639. The molecule has 0 aliphatic carbocycles. The fourth-order valence-corrected chi connectivity index (χ4v) is 2.25. The molecule has 1 aromatic rings. The van der Waals surface area contributed by atoms with Gasteiger partial charge in [-0.15, -0.1) is 0 Å². The van der Waals surface area contributed by atoms with Crippen molar-refractivity contribution in [2.24, 2.45) is 5.41 Å². The molecule has 19 heavy (non-hydrogen) atoms. The smallest absolute Gasteiger partial charge is 0.270 e. The van der Waals surface area contributed by atoms with Gasteiger partial charge in [0.1, 0.15) is 0 Å². The first-order chi connectivity index (χ1) is 8.75. The molecule has 0 saturated carbocycles. The van der Waals surface area contributed by atoms with Crippen LogP contribution in [0.15, 0.2) is 22.7 Å². The Morgan fingerprint density at radius 2 is 2.11 bits per heavy atom. The number of halogens is 1. The third kappa shape index (κ3) is 4.47. The third-order valence-corrected chi connectivity index (χ3v) is 3.61. The Morgan fingerprint density at radius 1 is 1.47 bits per heavy atom. The summed E-state index contributed by atoms with van der Waals surface area (Å²) in [7, 11) is 0. The Bertz CT molecular complexity index is 458. The molecule has 0 aromatic heterocycles. The van der Waals surface area contributed by atoms with Crippen molar-refractivity contribution in [1.29, 1.82) is 0 Å². The molecule has 106 valence electrons. The van der Waals surface area contributed by atoms with E-state index in [0.717, 1.165) is 5.69 Å². The highest BCUT2D eigenvalue weighted by Gasteiger charge is 2.24. The van der Waals surface area contributed by atoms with Gasteiger partial charge >= 0.3 is 0 Å². The van der Waals surface area contributed by atoms with Crippen LogP contribution in [0.2, 0.25) is 0 Å². The van der Waals surface area contributed by atoms with E-state index >= 15 is 0 Å². The first-order valence-electron chi connectivity index (χ1n) is 6.07. The summed E-state index contributed by atoms with van der Waals surface area (Å²) in [4.78, 5) is 10.3. The lowest BCUT2D eigenvalue weighted by molar-refractivity contribution is -0.384. The van der Waals surface area contributed by atoms with E-state index in [2.05, 4.69) is 42.0 Å². The summed E-state index contributed by atoms with van der Waals surface area (Å²) in [6.45, 7) is 6.35. The van der Waals surface area contributed by atoms with E-state index in [-0.39, 0.29) is 23.8 Å². The normalized spacial score (nSPS) is 13.1. The van der Waals surface area contributed by atoms with Crippen LogP contribution in [-0.2, 0) is 0 Å². The zero-order valence-electron chi connectivity index (χ0n) is 11.3. The van der Waals surface area contributed by atoms with Crippen molar-refractivity contribution < 1.29 is 10.0 Å². The molecule has 6 heteroatoms. The lowest BCUT2D eigenvalue weighted by atomic mass is 9.85. The molecule has 0 fully saturated rings. The lowest BCUT2D eigenvalue weighted by Crippen LogP contribution is -2.34. The second kappa shape index (κ2) is 6.34. The summed E-state index contributed by atoms with van der Waals surface area (Å²) in [5.41, 5.74) is 0.815. The Hall–Kier alpha value is -1.14. The molecular weight excluding hydrogens is 312 g/mol. The number of nitro benzene ring substituents is 1. The van der Waals surface area contributed by atoms with E-state index in [9.17, 15) is 10.1 Å². The average molecular weight is 331 g/mol. The van der Waals surface area contributed by atoms with Crippen molar-refractivity contribution >= 4 is 27.3 Å². The van der Waals surface area contributed by atoms with Crippen LogP contribution in [0.3, 0.4) is 0 Å². The number of nitrogens with one attached hydrogen (secondary N) is 1. The number of hydrogen-bond donors (Lipinski definition) is 2. The summed E-state index contributed by atoms with van der Waals surface area (Å²) in [6, 6.07) is 4.70. The maximum absolute atomic E-state index is 10.7. The van der Waals surface area contributed by atoms with E-state index in [1.165, 1.54) is 12.1 Å². The molecule has 2 N–H and O–H groups in total. The van der Waals surface area contributed by atoms with E-state index in [1.807, 2.05) is 0 Å². The largest absolute Gasteiger partial charge is 0.396 e. The molecule has 0 bridgehead atoms. The van der Waals surface area contributed by atoms with Gasteiger partial charge in [0.25, 0.3) is 5.69 Å². The number of aliphatic hydroxyl groups excluding tert-OH is 1. The molecule has 0 amide bonds. The molecule has 0 radical (unpaired) electrons. The number of hydrogen-bond acceptors (Lipinski definition) is 4. The van der Waals surface area contributed by atoms with E-state index < -0.39 is 4.92 Å². The molecule has 0 aliphatic heterocycles.